The predicted molar refractivity (Wildman–Crippen MR) is 118 cm³/mol. The van der Waals surface area contributed by atoms with Gasteiger partial charge in [0, 0.05) is 26.1 Å². The summed E-state index contributed by atoms with van der Waals surface area (Å²) in [7, 11) is 2.87. The highest BCUT2D eigenvalue weighted by Gasteiger charge is 2.58. The first kappa shape index (κ1) is 22.3. The lowest BCUT2D eigenvalue weighted by atomic mass is 9.77. The maximum absolute atomic E-state index is 12.4. The molecule has 2 aliphatic rings. The summed E-state index contributed by atoms with van der Waals surface area (Å²) in [6.45, 7) is 2.89. The fraction of sp³-hybridized carbons (Fsp3) is 0.440. The zero-order valence-corrected chi connectivity index (χ0v) is 18.7. The van der Waals surface area contributed by atoms with E-state index in [0.717, 1.165) is 30.9 Å². The number of likely N-dealkylation sites (tertiary alicyclic amines) is 1. The van der Waals surface area contributed by atoms with Crippen molar-refractivity contribution in [3.8, 4) is 5.75 Å². The number of hydrogen-bond acceptors (Lipinski definition) is 6. The van der Waals surface area contributed by atoms with Gasteiger partial charge < -0.3 is 9.47 Å². The molecule has 2 saturated heterocycles. The van der Waals surface area contributed by atoms with Gasteiger partial charge in [0.1, 0.15) is 12.4 Å². The van der Waals surface area contributed by atoms with Crippen molar-refractivity contribution in [3.63, 3.8) is 0 Å². The lowest BCUT2D eigenvalue weighted by Gasteiger charge is -2.45. The lowest BCUT2D eigenvalue weighted by Crippen LogP contribution is -2.57. The number of carbonyl (C=O) groups excluding carboxylic acids is 2. The Balaban J connectivity index is 1.34. The van der Waals surface area contributed by atoms with Crippen LogP contribution in [0.1, 0.15) is 30.4 Å². The molecule has 0 bridgehead atoms. The summed E-state index contributed by atoms with van der Waals surface area (Å²) in [6, 6.07) is 18.3. The van der Waals surface area contributed by atoms with Crippen molar-refractivity contribution in [1.29, 1.82) is 0 Å². The number of nitrogens with zero attached hydrogens (tertiary/aromatic N) is 2. The Morgan fingerprint density at radius 3 is 2.31 bits per heavy atom. The Kier molecular flexibility index (Phi) is 6.77. The number of methoxy groups -OCH3 is 1. The van der Waals surface area contributed by atoms with Crippen LogP contribution in [0, 0.1) is 5.92 Å². The van der Waals surface area contributed by atoms with Crippen LogP contribution in [0.3, 0.4) is 0 Å². The van der Waals surface area contributed by atoms with Gasteiger partial charge in [-0.25, -0.2) is 5.06 Å². The second-order valence-corrected chi connectivity index (χ2v) is 8.45. The smallest absolute Gasteiger partial charge is 0.311 e. The van der Waals surface area contributed by atoms with Gasteiger partial charge in [0.15, 0.2) is 0 Å². The van der Waals surface area contributed by atoms with E-state index in [0.29, 0.717) is 19.4 Å². The monoisotopic (exact) mass is 438 g/mol. The molecule has 1 spiro atoms. The van der Waals surface area contributed by atoms with Crippen LogP contribution >= 0.6 is 0 Å². The summed E-state index contributed by atoms with van der Waals surface area (Å²) in [5.41, 5.74) is 1.72. The molecule has 0 aromatic heterocycles. The van der Waals surface area contributed by atoms with Gasteiger partial charge in [0.25, 0.3) is 0 Å². The van der Waals surface area contributed by atoms with Crippen molar-refractivity contribution in [2.45, 2.75) is 38.0 Å². The molecule has 0 radical (unpaired) electrons. The molecule has 1 atom stereocenters. The molecular weight excluding hydrogens is 408 g/mol. The molecule has 170 valence electrons. The molecule has 2 fully saturated rings. The molecule has 2 aromatic rings. The quantitative estimate of drug-likeness (QED) is 0.619. The number of carbonyl (C=O) groups is 2. The second-order valence-electron chi connectivity index (χ2n) is 8.45. The minimum Gasteiger partial charge on any atom is -0.489 e. The summed E-state index contributed by atoms with van der Waals surface area (Å²) >= 11 is 0. The molecule has 7 nitrogen and oxygen atoms in total. The minimum atomic E-state index is -0.620. The van der Waals surface area contributed by atoms with Gasteiger partial charge in [-0.3, -0.25) is 19.3 Å². The molecule has 32 heavy (non-hydrogen) atoms. The van der Waals surface area contributed by atoms with E-state index >= 15 is 0 Å². The van der Waals surface area contributed by atoms with Crippen LogP contribution in [-0.2, 0) is 32.3 Å². The summed E-state index contributed by atoms with van der Waals surface area (Å²) in [6.07, 6.45) is 1.49. The van der Waals surface area contributed by atoms with E-state index in [1.54, 1.807) is 0 Å². The van der Waals surface area contributed by atoms with E-state index in [4.69, 9.17) is 14.3 Å². The Bertz CT molecular complexity index is 921. The fourth-order valence-electron chi connectivity index (χ4n) is 4.91. The van der Waals surface area contributed by atoms with E-state index in [1.165, 1.54) is 24.8 Å². The molecule has 2 aromatic carbocycles. The van der Waals surface area contributed by atoms with Crippen LogP contribution in [0.15, 0.2) is 54.6 Å². The molecule has 1 unspecified atom stereocenters. The zero-order valence-electron chi connectivity index (χ0n) is 18.7. The third-order valence-corrected chi connectivity index (χ3v) is 6.63. The number of piperidine rings is 1. The van der Waals surface area contributed by atoms with Crippen molar-refractivity contribution in [3.05, 3.63) is 65.7 Å². The molecule has 7 heteroatoms. The molecule has 0 N–H and O–H groups in total. The van der Waals surface area contributed by atoms with Crippen LogP contribution in [0.5, 0.6) is 5.75 Å². The van der Waals surface area contributed by atoms with Gasteiger partial charge in [-0.05, 0) is 36.1 Å². The summed E-state index contributed by atoms with van der Waals surface area (Å²) in [5.74, 6) is -0.126. The third kappa shape index (κ3) is 4.49. The molecular formula is C25H30N2O5. The van der Waals surface area contributed by atoms with Gasteiger partial charge in [-0.15, -0.1) is 0 Å². The van der Waals surface area contributed by atoms with Crippen molar-refractivity contribution >= 4 is 11.9 Å². The van der Waals surface area contributed by atoms with Crippen molar-refractivity contribution in [2.75, 3.05) is 27.3 Å². The number of amides is 1. The van der Waals surface area contributed by atoms with Gasteiger partial charge in [-0.1, -0.05) is 42.5 Å². The first-order chi connectivity index (χ1) is 15.6. The highest BCUT2D eigenvalue weighted by Crippen LogP contribution is 2.44. The minimum absolute atomic E-state index is 0.144. The Morgan fingerprint density at radius 2 is 1.69 bits per heavy atom. The van der Waals surface area contributed by atoms with Crippen LogP contribution in [0.25, 0.3) is 0 Å². The van der Waals surface area contributed by atoms with E-state index in [1.807, 2.05) is 42.5 Å². The Hall–Kier alpha value is -2.90. The predicted octanol–water partition coefficient (Wildman–Crippen LogP) is 3.18. The first-order valence-electron chi connectivity index (χ1n) is 11.0. The molecule has 2 heterocycles. The van der Waals surface area contributed by atoms with E-state index in [2.05, 4.69) is 17.0 Å². The Morgan fingerprint density at radius 1 is 1.00 bits per heavy atom. The largest absolute Gasteiger partial charge is 0.489 e. The average molecular weight is 439 g/mol. The van der Waals surface area contributed by atoms with Crippen molar-refractivity contribution < 1.29 is 23.9 Å². The van der Waals surface area contributed by atoms with Crippen LogP contribution < -0.4 is 4.74 Å². The summed E-state index contributed by atoms with van der Waals surface area (Å²) in [4.78, 5) is 32.5. The van der Waals surface area contributed by atoms with Crippen molar-refractivity contribution in [1.82, 2.24) is 9.96 Å². The molecule has 2 aliphatic heterocycles. The SMILES string of the molecule is COC(=O)C1CC(=O)N(OC)C12CCN(Cc1ccc(OCc3ccccc3)cc1)CC2. The molecule has 4 rings (SSSR count). The fourth-order valence-corrected chi connectivity index (χ4v) is 4.91. The maximum Gasteiger partial charge on any atom is 0.311 e. The summed E-state index contributed by atoms with van der Waals surface area (Å²) < 4.78 is 10.9. The van der Waals surface area contributed by atoms with Crippen LogP contribution in [-0.4, -0.2) is 54.7 Å². The summed E-state index contributed by atoms with van der Waals surface area (Å²) in [5, 5.41) is 1.42. The number of ether oxygens (including phenoxy) is 2. The highest BCUT2D eigenvalue weighted by molar-refractivity contribution is 5.88. The molecule has 1 amide bonds. The van der Waals surface area contributed by atoms with E-state index in [9.17, 15) is 9.59 Å². The van der Waals surface area contributed by atoms with Crippen molar-refractivity contribution in [2.24, 2.45) is 5.92 Å². The number of rotatable bonds is 7. The van der Waals surface area contributed by atoms with Crippen LogP contribution in [0.2, 0.25) is 0 Å². The average Bonchev–Trinajstić information content (AvgIpc) is 3.11. The number of benzene rings is 2. The van der Waals surface area contributed by atoms with Gasteiger partial charge >= 0.3 is 5.97 Å². The maximum atomic E-state index is 12.4. The van der Waals surface area contributed by atoms with Gasteiger partial charge in [-0.2, -0.15) is 0 Å². The molecule has 0 saturated carbocycles. The number of hydrogen-bond donors (Lipinski definition) is 0. The standard InChI is InChI=1S/C25H30N2O5/c1-30-24(29)22-16-23(28)27(31-2)25(22)12-14-26(15-13-25)17-19-8-10-21(11-9-19)32-18-20-6-4-3-5-7-20/h3-11,22H,12-18H2,1-2H3. The lowest BCUT2D eigenvalue weighted by molar-refractivity contribution is -0.210. The zero-order chi connectivity index (χ0) is 22.6. The second kappa shape index (κ2) is 9.71. The Labute approximate surface area is 188 Å². The number of hydroxylamine groups is 2. The first-order valence-corrected chi connectivity index (χ1v) is 11.0. The van der Waals surface area contributed by atoms with Crippen LogP contribution in [0.4, 0.5) is 0 Å². The number of esters is 1. The highest BCUT2D eigenvalue weighted by atomic mass is 16.7. The molecule has 0 aliphatic carbocycles. The van der Waals surface area contributed by atoms with E-state index < -0.39 is 11.5 Å². The van der Waals surface area contributed by atoms with Gasteiger partial charge in [0.05, 0.1) is 25.7 Å². The van der Waals surface area contributed by atoms with Gasteiger partial charge in [0.2, 0.25) is 5.91 Å². The third-order valence-electron chi connectivity index (χ3n) is 6.63. The topological polar surface area (TPSA) is 68.3 Å². The van der Waals surface area contributed by atoms with E-state index in [-0.39, 0.29) is 18.3 Å². The normalized spacial score (nSPS) is 20.5.